The molecule has 0 aliphatic heterocycles. The van der Waals surface area contributed by atoms with E-state index < -0.39 is 12.1 Å². The number of carboxylic acids is 1. The Kier molecular flexibility index (Phi) is 7.71. The van der Waals surface area contributed by atoms with Gasteiger partial charge in [-0.05, 0) is 6.07 Å². The number of carbonyl (C=O) groups is 1. The second-order valence-corrected chi connectivity index (χ2v) is 2.28. The second-order valence-electron chi connectivity index (χ2n) is 2.28. The Labute approximate surface area is 103 Å². The Balaban J connectivity index is 0. The molecule has 5 nitrogen and oxygen atoms in total. The summed E-state index contributed by atoms with van der Waals surface area (Å²) < 4.78 is 0. The Morgan fingerprint density at radius 1 is 1.36 bits per heavy atom. The first kappa shape index (κ1) is 15.9. The van der Waals surface area contributed by atoms with Crippen LogP contribution in [0.3, 0.4) is 0 Å². The van der Waals surface area contributed by atoms with Crippen LogP contribution in [0.5, 0.6) is 5.75 Å². The van der Waals surface area contributed by atoms with Gasteiger partial charge >= 0.3 is 29.6 Å². The molecular weight excluding hydrogens is 199 g/mol. The Hall–Kier alpha value is -0.590. The van der Waals surface area contributed by atoms with Gasteiger partial charge in [0.1, 0.15) is 11.9 Å². The van der Waals surface area contributed by atoms with Crippen LogP contribution in [-0.4, -0.2) is 21.7 Å². The van der Waals surface area contributed by atoms with Gasteiger partial charge in [0.05, 0.1) is 5.97 Å². The molecular formula is C8H9NaO5. The fraction of sp³-hybridized carbons (Fsp3) is 0.125. The molecule has 0 aliphatic rings. The molecule has 0 spiro atoms. The molecule has 1 atom stereocenters. The van der Waals surface area contributed by atoms with Crippen LogP contribution in [-0.2, 0) is 4.79 Å². The van der Waals surface area contributed by atoms with Gasteiger partial charge in [-0.25, -0.2) is 0 Å². The number of aliphatic hydroxyl groups excluding tert-OH is 1. The summed E-state index contributed by atoms with van der Waals surface area (Å²) in [6.07, 6.45) is -1.77. The predicted octanol–water partition coefficient (Wildman–Crippen LogP) is -4.65. The number of carbonyl (C=O) groups excluding carboxylic acids is 1. The van der Waals surface area contributed by atoms with Crippen molar-refractivity contribution in [3.8, 4) is 5.75 Å². The minimum absolute atomic E-state index is 0. The van der Waals surface area contributed by atoms with E-state index in [4.69, 9.17) is 10.2 Å². The Bertz CT molecular complexity index is 302. The van der Waals surface area contributed by atoms with Crippen LogP contribution in [0.4, 0.5) is 0 Å². The van der Waals surface area contributed by atoms with Crippen LogP contribution >= 0.6 is 0 Å². The van der Waals surface area contributed by atoms with Gasteiger partial charge in [0, 0.05) is 5.56 Å². The molecule has 6 heteroatoms. The van der Waals surface area contributed by atoms with E-state index in [0.717, 1.165) is 0 Å². The topological polar surface area (TPSA) is 112 Å². The number of rotatable bonds is 2. The summed E-state index contributed by atoms with van der Waals surface area (Å²) in [5, 5.41) is 28.2. The molecule has 0 heterocycles. The van der Waals surface area contributed by atoms with Gasteiger partial charge in [-0.3, -0.25) is 0 Å². The van der Waals surface area contributed by atoms with Crippen LogP contribution < -0.4 is 34.7 Å². The van der Waals surface area contributed by atoms with Gasteiger partial charge in [-0.1, -0.05) is 18.2 Å². The number of phenolic OH excluding ortho intramolecular Hbond substituents is 1. The van der Waals surface area contributed by atoms with E-state index in [9.17, 15) is 9.90 Å². The Morgan fingerprint density at radius 2 is 1.86 bits per heavy atom. The summed E-state index contributed by atoms with van der Waals surface area (Å²) in [7, 11) is 0. The average molecular weight is 208 g/mol. The molecule has 1 rings (SSSR count). The van der Waals surface area contributed by atoms with Gasteiger partial charge in [0.15, 0.2) is 0 Å². The van der Waals surface area contributed by atoms with Crippen molar-refractivity contribution < 1.29 is 55.1 Å². The summed E-state index contributed by atoms with van der Waals surface area (Å²) in [5.41, 5.74) is -0.0579. The van der Waals surface area contributed by atoms with Crippen LogP contribution in [0, 0.1) is 0 Å². The normalized spacial score (nSPS) is 10.6. The zero-order valence-electron chi connectivity index (χ0n) is 7.60. The SMILES string of the molecule is O.O=C([O-])C(O)c1ccccc1O.[Na+]. The van der Waals surface area contributed by atoms with Crippen molar-refractivity contribution in [3.63, 3.8) is 0 Å². The van der Waals surface area contributed by atoms with Crippen molar-refractivity contribution in [3.05, 3.63) is 29.8 Å². The summed E-state index contributed by atoms with van der Waals surface area (Å²) in [5.74, 6) is -1.88. The van der Waals surface area contributed by atoms with Crippen LogP contribution in [0.2, 0.25) is 0 Å². The monoisotopic (exact) mass is 208 g/mol. The summed E-state index contributed by atoms with van der Waals surface area (Å²) in [4.78, 5) is 10.2. The first-order valence-electron chi connectivity index (χ1n) is 3.29. The third kappa shape index (κ3) is 3.65. The Morgan fingerprint density at radius 3 is 2.29 bits per heavy atom. The minimum Gasteiger partial charge on any atom is -0.547 e. The molecule has 0 fully saturated rings. The number of phenols is 1. The molecule has 14 heavy (non-hydrogen) atoms. The van der Waals surface area contributed by atoms with Gasteiger partial charge in [-0.2, -0.15) is 0 Å². The molecule has 0 saturated heterocycles. The molecule has 0 bridgehead atoms. The zero-order chi connectivity index (χ0) is 9.14. The van der Waals surface area contributed by atoms with Crippen LogP contribution in [0.15, 0.2) is 24.3 Å². The standard InChI is InChI=1S/C8H8O4.Na.H2O/c9-6-4-2-1-3-5(6)7(10)8(11)12;;/h1-4,7,9-10H,(H,11,12);;1H2/q;+1;/p-1. The van der Waals surface area contributed by atoms with Crippen molar-refractivity contribution in [2.24, 2.45) is 0 Å². The maximum absolute atomic E-state index is 10.2. The largest absolute Gasteiger partial charge is 1.00 e. The third-order valence-corrected chi connectivity index (χ3v) is 1.45. The third-order valence-electron chi connectivity index (χ3n) is 1.45. The minimum atomic E-state index is -1.77. The molecule has 0 radical (unpaired) electrons. The first-order chi connectivity index (χ1) is 5.63. The molecule has 1 aromatic carbocycles. The molecule has 0 amide bonds. The van der Waals surface area contributed by atoms with Crippen LogP contribution in [0.25, 0.3) is 0 Å². The van der Waals surface area contributed by atoms with Crippen molar-refractivity contribution in [1.29, 1.82) is 0 Å². The van der Waals surface area contributed by atoms with Gasteiger partial charge in [0.2, 0.25) is 0 Å². The second kappa shape index (κ2) is 6.80. The number of para-hydroxylation sites is 1. The summed E-state index contributed by atoms with van der Waals surface area (Å²) >= 11 is 0. The van der Waals surface area contributed by atoms with Crippen molar-refractivity contribution in [1.82, 2.24) is 0 Å². The number of carboxylic acid groups (broad SMARTS) is 1. The molecule has 4 N–H and O–H groups in total. The molecule has 1 aromatic rings. The van der Waals surface area contributed by atoms with Gasteiger partial charge in [0.25, 0.3) is 0 Å². The average Bonchev–Trinajstić information content (AvgIpc) is 2.04. The van der Waals surface area contributed by atoms with E-state index >= 15 is 0 Å². The number of aliphatic hydroxyl groups is 1. The molecule has 72 valence electrons. The summed E-state index contributed by atoms with van der Waals surface area (Å²) in [6, 6.07) is 5.65. The maximum atomic E-state index is 10.2. The number of benzene rings is 1. The molecule has 1 unspecified atom stereocenters. The predicted molar refractivity (Wildman–Crippen MR) is 41.7 cm³/mol. The summed E-state index contributed by atoms with van der Waals surface area (Å²) in [6.45, 7) is 0. The van der Waals surface area contributed by atoms with Crippen molar-refractivity contribution in [2.45, 2.75) is 6.10 Å². The maximum Gasteiger partial charge on any atom is 1.00 e. The smallest absolute Gasteiger partial charge is 0.547 e. The quantitative estimate of drug-likeness (QED) is 0.476. The van der Waals surface area contributed by atoms with Gasteiger partial charge < -0.3 is 25.6 Å². The first-order valence-corrected chi connectivity index (χ1v) is 3.29. The van der Waals surface area contributed by atoms with Crippen molar-refractivity contribution in [2.75, 3.05) is 0 Å². The van der Waals surface area contributed by atoms with E-state index in [-0.39, 0.29) is 46.3 Å². The number of hydrogen-bond donors (Lipinski definition) is 2. The van der Waals surface area contributed by atoms with Crippen molar-refractivity contribution >= 4 is 5.97 Å². The van der Waals surface area contributed by atoms with E-state index in [1.54, 1.807) is 0 Å². The van der Waals surface area contributed by atoms with E-state index in [0.29, 0.717) is 0 Å². The number of aliphatic carboxylic acids is 1. The van der Waals surface area contributed by atoms with Gasteiger partial charge in [-0.15, -0.1) is 0 Å². The zero-order valence-corrected chi connectivity index (χ0v) is 9.60. The van der Waals surface area contributed by atoms with E-state index in [2.05, 4.69) is 0 Å². The van der Waals surface area contributed by atoms with E-state index in [1.807, 2.05) is 0 Å². The van der Waals surface area contributed by atoms with E-state index in [1.165, 1.54) is 24.3 Å². The number of hydrogen-bond acceptors (Lipinski definition) is 4. The molecule has 0 aromatic heterocycles. The number of aromatic hydroxyl groups is 1. The fourth-order valence-corrected chi connectivity index (χ4v) is 0.846. The fourth-order valence-electron chi connectivity index (χ4n) is 0.846. The molecule has 0 aliphatic carbocycles. The molecule has 0 saturated carbocycles. The van der Waals surface area contributed by atoms with Crippen LogP contribution in [0.1, 0.15) is 11.7 Å².